The highest BCUT2D eigenvalue weighted by molar-refractivity contribution is 5.95. The summed E-state index contributed by atoms with van der Waals surface area (Å²) in [5.41, 5.74) is 1.05. The molecule has 1 saturated heterocycles. The monoisotopic (exact) mass is 183 g/mol. The van der Waals surface area contributed by atoms with Gasteiger partial charge >= 0.3 is 0 Å². The molecule has 0 amide bonds. The minimum absolute atomic E-state index is 0.0418. The van der Waals surface area contributed by atoms with E-state index in [1.54, 1.807) is 13.2 Å². The lowest BCUT2D eigenvalue weighted by Crippen LogP contribution is -2.29. The van der Waals surface area contributed by atoms with E-state index in [0.717, 1.165) is 18.5 Å². The van der Waals surface area contributed by atoms with E-state index < -0.39 is 0 Å². The molecule has 0 saturated carbocycles. The quantitative estimate of drug-likeness (QED) is 0.661. The van der Waals surface area contributed by atoms with Crippen LogP contribution in [-0.4, -0.2) is 31.6 Å². The molecular weight excluding hydrogens is 166 g/mol. The third-order valence-corrected chi connectivity index (χ3v) is 2.20. The first-order valence-corrected chi connectivity index (χ1v) is 4.58. The zero-order valence-electron chi connectivity index (χ0n) is 8.46. The summed E-state index contributed by atoms with van der Waals surface area (Å²) < 4.78 is 5.16. The number of ketones is 1. The van der Waals surface area contributed by atoms with Gasteiger partial charge in [0.25, 0.3) is 0 Å². The Morgan fingerprint density at radius 1 is 1.54 bits per heavy atom. The molecule has 3 heteroatoms. The van der Waals surface area contributed by atoms with Crippen molar-refractivity contribution in [2.45, 2.75) is 32.4 Å². The largest absolute Gasteiger partial charge is 0.380 e. The number of methoxy groups -OCH3 is 1. The van der Waals surface area contributed by atoms with Crippen LogP contribution in [0.1, 0.15) is 20.3 Å². The zero-order chi connectivity index (χ0) is 9.84. The molecule has 2 unspecified atom stereocenters. The zero-order valence-corrected chi connectivity index (χ0v) is 8.46. The Morgan fingerprint density at radius 2 is 2.23 bits per heavy atom. The SMILES string of the molecule is COC1CNC(C(=O)C=C(C)C)C1. The minimum Gasteiger partial charge on any atom is -0.380 e. The number of allylic oxidation sites excluding steroid dienone is 1. The standard InChI is InChI=1S/C10H17NO2/c1-7(2)4-10(12)9-5-8(13-3)6-11-9/h4,8-9,11H,5-6H2,1-3H3. The van der Waals surface area contributed by atoms with Crippen LogP contribution in [0.4, 0.5) is 0 Å². The molecule has 1 fully saturated rings. The van der Waals surface area contributed by atoms with Crippen molar-refractivity contribution >= 4 is 5.78 Å². The van der Waals surface area contributed by atoms with E-state index >= 15 is 0 Å². The summed E-state index contributed by atoms with van der Waals surface area (Å²) >= 11 is 0. The Kier molecular flexibility index (Phi) is 3.63. The normalized spacial score (nSPS) is 27.3. The average Bonchev–Trinajstić information content (AvgIpc) is 2.50. The first-order valence-electron chi connectivity index (χ1n) is 4.58. The number of ether oxygens (including phenoxy) is 1. The molecule has 1 heterocycles. The van der Waals surface area contributed by atoms with Crippen molar-refractivity contribution in [2.24, 2.45) is 0 Å². The topological polar surface area (TPSA) is 38.3 Å². The van der Waals surface area contributed by atoms with Gasteiger partial charge in [0, 0.05) is 13.7 Å². The van der Waals surface area contributed by atoms with Gasteiger partial charge < -0.3 is 10.1 Å². The van der Waals surface area contributed by atoms with Crippen LogP contribution in [0.5, 0.6) is 0 Å². The number of hydrogen-bond acceptors (Lipinski definition) is 3. The fourth-order valence-electron chi connectivity index (χ4n) is 1.48. The Hall–Kier alpha value is -0.670. The maximum absolute atomic E-state index is 11.5. The fourth-order valence-corrected chi connectivity index (χ4v) is 1.48. The predicted molar refractivity (Wildman–Crippen MR) is 51.6 cm³/mol. The van der Waals surface area contributed by atoms with E-state index in [0.29, 0.717) is 0 Å². The van der Waals surface area contributed by atoms with E-state index in [1.165, 1.54) is 0 Å². The highest BCUT2D eigenvalue weighted by Gasteiger charge is 2.27. The highest BCUT2D eigenvalue weighted by atomic mass is 16.5. The lowest BCUT2D eigenvalue weighted by Gasteiger charge is -2.06. The van der Waals surface area contributed by atoms with Crippen molar-refractivity contribution in [3.8, 4) is 0 Å². The van der Waals surface area contributed by atoms with E-state index in [2.05, 4.69) is 5.32 Å². The molecule has 0 radical (unpaired) electrons. The van der Waals surface area contributed by atoms with Gasteiger partial charge in [0.1, 0.15) is 0 Å². The maximum atomic E-state index is 11.5. The molecule has 2 atom stereocenters. The summed E-state index contributed by atoms with van der Waals surface area (Å²) in [5, 5.41) is 3.14. The van der Waals surface area contributed by atoms with Gasteiger partial charge in [-0.3, -0.25) is 4.79 Å². The molecule has 74 valence electrons. The second-order valence-electron chi connectivity index (χ2n) is 3.68. The molecule has 0 aliphatic carbocycles. The molecule has 1 N–H and O–H groups in total. The summed E-state index contributed by atoms with van der Waals surface area (Å²) in [6, 6.07) is -0.0418. The maximum Gasteiger partial charge on any atom is 0.172 e. The van der Waals surface area contributed by atoms with E-state index in [-0.39, 0.29) is 17.9 Å². The van der Waals surface area contributed by atoms with Crippen molar-refractivity contribution in [3.05, 3.63) is 11.6 Å². The van der Waals surface area contributed by atoms with Gasteiger partial charge in [-0.05, 0) is 26.3 Å². The van der Waals surface area contributed by atoms with Gasteiger partial charge in [0.15, 0.2) is 5.78 Å². The number of carbonyl (C=O) groups is 1. The van der Waals surface area contributed by atoms with Crippen molar-refractivity contribution in [3.63, 3.8) is 0 Å². The van der Waals surface area contributed by atoms with Crippen LogP contribution in [0.3, 0.4) is 0 Å². The molecule has 1 rings (SSSR count). The molecule has 0 aromatic rings. The van der Waals surface area contributed by atoms with Crippen LogP contribution in [0.25, 0.3) is 0 Å². The van der Waals surface area contributed by atoms with E-state index in [9.17, 15) is 4.79 Å². The molecule has 1 aliphatic heterocycles. The molecule has 0 spiro atoms. The second-order valence-corrected chi connectivity index (χ2v) is 3.68. The third kappa shape index (κ3) is 2.94. The summed E-state index contributed by atoms with van der Waals surface area (Å²) in [4.78, 5) is 11.5. The van der Waals surface area contributed by atoms with Crippen molar-refractivity contribution in [2.75, 3.05) is 13.7 Å². The Labute approximate surface area is 79.2 Å². The van der Waals surface area contributed by atoms with Gasteiger partial charge in [0.2, 0.25) is 0 Å². The second kappa shape index (κ2) is 4.53. The molecule has 1 aliphatic rings. The van der Waals surface area contributed by atoms with Gasteiger partial charge in [0.05, 0.1) is 12.1 Å². The average molecular weight is 183 g/mol. The first kappa shape index (κ1) is 10.4. The minimum atomic E-state index is -0.0418. The highest BCUT2D eigenvalue weighted by Crippen LogP contribution is 2.11. The van der Waals surface area contributed by atoms with Gasteiger partial charge in [-0.1, -0.05) is 5.57 Å². The molecule has 0 aromatic carbocycles. The molecule has 13 heavy (non-hydrogen) atoms. The van der Waals surface area contributed by atoms with Crippen LogP contribution in [0.15, 0.2) is 11.6 Å². The van der Waals surface area contributed by atoms with Crippen molar-refractivity contribution in [1.82, 2.24) is 5.32 Å². The molecule has 3 nitrogen and oxygen atoms in total. The van der Waals surface area contributed by atoms with Crippen molar-refractivity contribution in [1.29, 1.82) is 0 Å². The fraction of sp³-hybridized carbons (Fsp3) is 0.700. The molecule has 0 bridgehead atoms. The van der Waals surface area contributed by atoms with Crippen LogP contribution in [-0.2, 0) is 9.53 Å². The smallest absolute Gasteiger partial charge is 0.172 e. The van der Waals surface area contributed by atoms with Crippen LogP contribution < -0.4 is 5.32 Å². The van der Waals surface area contributed by atoms with Gasteiger partial charge in [-0.2, -0.15) is 0 Å². The summed E-state index contributed by atoms with van der Waals surface area (Å²) in [7, 11) is 1.68. The number of carbonyl (C=O) groups excluding carboxylic acids is 1. The summed E-state index contributed by atoms with van der Waals surface area (Å²) in [5.74, 6) is 0.166. The summed E-state index contributed by atoms with van der Waals surface area (Å²) in [6.07, 6.45) is 2.67. The molecular formula is C10H17NO2. The van der Waals surface area contributed by atoms with E-state index in [4.69, 9.17) is 4.74 Å². The lowest BCUT2D eigenvalue weighted by molar-refractivity contribution is -0.116. The van der Waals surface area contributed by atoms with E-state index in [1.807, 2.05) is 13.8 Å². The number of nitrogens with one attached hydrogen (secondary N) is 1. The van der Waals surface area contributed by atoms with Gasteiger partial charge in [-0.15, -0.1) is 0 Å². The lowest BCUT2D eigenvalue weighted by atomic mass is 10.1. The Balaban J connectivity index is 2.47. The Bertz CT molecular complexity index is 219. The van der Waals surface area contributed by atoms with Crippen LogP contribution >= 0.6 is 0 Å². The van der Waals surface area contributed by atoms with Gasteiger partial charge in [-0.25, -0.2) is 0 Å². The Morgan fingerprint density at radius 3 is 2.69 bits per heavy atom. The summed E-state index contributed by atoms with van der Waals surface area (Å²) in [6.45, 7) is 4.64. The third-order valence-electron chi connectivity index (χ3n) is 2.20. The first-order chi connectivity index (χ1) is 6.13. The number of rotatable bonds is 3. The van der Waals surface area contributed by atoms with Crippen LogP contribution in [0.2, 0.25) is 0 Å². The van der Waals surface area contributed by atoms with Crippen molar-refractivity contribution < 1.29 is 9.53 Å². The van der Waals surface area contributed by atoms with Crippen LogP contribution in [0, 0.1) is 0 Å². The predicted octanol–water partition coefficient (Wildman–Crippen LogP) is 0.899. The number of hydrogen-bond donors (Lipinski definition) is 1. The molecule has 0 aromatic heterocycles.